The van der Waals surface area contributed by atoms with Gasteiger partial charge in [-0.2, -0.15) is 17.5 Å². The Hall–Kier alpha value is -2.92. The summed E-state index contributed by atoms with van der Waals surface area (Å²) in [5, 5.41) is 0.791. The summed E-state index contributed by atoms with van der Waals surface area (Å²) in [4.78, 5) is 15.5. The van der Waals surface area contributed by atoms with Gasteiger partial charge >= 0.3 is 12.1 Å². The summed E-state index contributed by atoms with van der Waals surface area (Å²) in [6, 6.07) is 9.01. The number of hydrogen-bond acceptors (Lipinski definition) is 3. The van der Waals surface area contributed by atoms with E-state index < -0.39 is 22.1 Å². The zero-order valence-corrected chi connectivity index (χ0v) is 19.4. The molecule has 3 heterocycles. The van der Waals surface area contributed by atoms with Crippen LogP contribution in [0.15, 0.2) is 47.5 Å². The Labute approximate surface area is 199 Å². The Morgan fingerprint density at radius 3 is 2.46 bits per heavy atom. The Morgan fingerprint density at radius 2 is 1.74 bits per heavy atom. The molecule has 0 atom stereocenters. The number of hydrogen-bond donors (Lipinski definition) is 1. The molecule has 0 radical (unpaired) electrons. The Morgan fingerprint density at radius 1 is 1.00 bits per heavy atom. The van der Waals surface area contributed by atoms with Crippen LogP contribution in [-0.2, 0) is 27.8 Å². The Kier molecular flexibility index (Phi) is 5.87. The minimum Gasteiger partial charge on any atom is -0.361 e. The average molecular weight is 510 g/mol. The van der Waals surface area contributed by atoms with Crippen LogP contribution in [0.5, 0.6) is 0 Å². The lowest BCUT2D eigenvalue weighted by Crippen LogP contribution is -2.43. The number of fused-ring (bicyclic) bond motifs is 2. The maximum Gasteiger partial charge on any atom is 0.471 e. The number of carbonyl (C=O) groups excluding carboxylic acids is 1. The molecule has 0 bridgehead atoms. The summed E-state index contributed by atoms with van der Waals surface area (Å²) in [5.41, 5.74) is 2.93. The first-order valence-electron chi connectivity index (χ1n) is 11.3. The van der Waals surface area contributed by atoms with E-state index in [2.05, 4.69) is 4.98 Å². The molecular formula is C24H23F4N3O3S. The number of alkyl halides is 3. The van der Waals surface area contributed by atoms with Gasteiger partial charge in [-0.1, -0.05) is 6.07 Å². The summed E-state index contributed by atoms with van der Waals surface area (Å²) >= 11 is 0. The predicted molar refractivity (Wildman–Crippen MR) is 121 cm³/mol. The third-order valence-corrected chi connectivity index (χ3v) is 8.82. The van der Waals surface area contributed by atoms with Gasteiger partial charge in [-0.05, 0) is 72.2 Å². The lowest BCUT2D eigenvalue weighted by atomic mass is 9.90. The maximum absolute atomic E-state index is 13.7. The van der Waals surface area contributed by atoms with Crippen molar-refractivity contribution in [3.63, 3.8) is 0 Å². The van der Waals surface area contributed by atoms with Crippen LogP contribution in [0.1, 0.15) is 35.4 Å². The van der Waals surface area contributed by atoms with Crippen LogP contribution in [-0.4, -0.2) is 54.3 Å². The molecule has 1 fully saturated rings. The van der Waals surface area contributed by atoms with Crippen molar-refractivity contribution in [3.05, 3.63) is 65.1 Å². The van der Waals surface area contributed by atoms with Gasteiger partial charge in [-0.25, -0.2) is 12.8 Å². The lowest BCUT2D eigenvalue weighted by molar-refractivity contribution is -0.186. The van der Waals surface area contributed by atoms with Crippen molar-refractivity contribution >= 4 is 26.8 Å². The average Bonchev–Trinajstić information content (AvgIpc) is 3.25. The van der Waals surface area contributed by atoms with Crippen molar-refractivity contribution in [2.75, 3.05) is 19.6 Å². The second-order valence-corrected chi connectivity index (χ2v) is 11.0. The quantitative estimate of drug-likeness (QED) is 0.535. The van der Waals surface area contributed by atoms with Crippen LogP contribution >= 0.6 is 0 Å². The number of benzene rings is 2. The molecule has 5 rings (SSSR count). The summed E-state index contributed by atoms with van der Waals surface area (Å²) in [6.45, 7) is 0.189. The molecule has 1 N–H and O–H groups in total. The Balaban J connectivity index is 1.32. The maximum atomic E-state index is 13.7. The van der Waals surface area contributed by atoms with E-state index in [0.29, 0.717) is 23.3 Å². The highest BCUT2D eigenvalue weighted by atomic mass is 32.2. The third kappa shape index (κ3) is 4.42. The van der Waals surface area contributed by atoms with E-state index in [1.807, 2.05) is 6.20 Å². The van der Waals surface area contributed by atoms with Gasteiger partial charge in [0.25, 0.3) is 0 Å². The largest absolute Gasteiger partial charge is 0.471 e. The number of halogens is 4. The Bertz CT molecular complexity index is 1390. The van der Waals surface area contributed by atoms with Gasteiger partial charge in [-0.15, -0.1) is 0 Å². The highest BCUT2D eigenvalue weighted by Gasteiger charge is 2.43. The molecular weight excluding hydrogens is 486 g/mol. The van der Waals surface area contributed by atoms with Crippen molar-refractivity contribution in [2.24, 2.45) is 0 Å². The first-order valence-corrected chi connectivity index (χ1v) is 12.7. The number of nitrogens with zero attached hydrogens (tertiary/aromatic N) is 2. The molecule has 0 spiro atoms. The number of aromatic amines is 1. The predicted octanol–water partition coefficient (Wildman–Crippen LogP) is 4.32. The number of rotatable bonds is 3. The molecule has 0 saturated carbocycles. The van der Waals surface area contributed by atoms with Gasteiger partial charge in [0.15, 0.2) is 0 Å². The highest BCUT2D eigenvalue weighted by molar-refractivity contribution is 7.89. The second kappa shape index (κ2) is 8.63. The molecule has 2 aromatic carbocycles. The van der Waals surface area contributed by atoms with E-state index in [9.17, 15) is 30.8 Å². The van der Waals surface area contributed by atoms with E-state index in [4.69, 9.17) is 0 Å². The standard InChI is InChI=1S/C24H23F4N3O3S/c25-18-2-4-22-20(12-18)21(13-29-22)16-6-9-31(10-7-16)35(33,34)19-3-1-15-5-8-30(14-17(15)11-19)23(32)24(26,27)28/h1-4,11-13,16,29H,5-10,14H2. The van der Waals surface area contributed by atoms with Gasteiger partial charge in [0, 0.05) is 43.3 Å². The molecule has 0 unspecified atom stereocenters. The van der Waals surface area contributed by atoms with Crippen LogP contribution < -0.4 is 0 Å². The van der Waals surface area contributed by atoms with E-state index in [1.54, 1.807) is 12.1 Å². The summed E-state index contributed by atoms with van der Waals surface area (Å²) in [7, 11) is -3.86. The number of aromatic nitrogens is 1. The van der Waals surface area contributed by atoms with E-state index in [-0.39, 0.29) is 49.2 Å². The fraction of sp³-hybridized carbons (Fsp3) is 0.375. The molecule has 2 aliphatic heterocycles. The fourth-order valence-electron chi connectivity index (χ4n) is 5.05. The molecule has 6 nitrogen and oxygen atoms in total. The SMILES string of the molecule is O=C(N1CCc2ccc(S(=O)(=O)N3CCC(c4c[nH]c5ccc(F)cc45)CC3)cc2C1)C(F)(F)F. The first-order chi connectivity index (χ1) is 16.5. The monoisotopic (exact) mass is 509 g/mol. The summed E-state index contributed by atoms with van der Waals surface area (Å²) < 4.78 is 80.3. The van der Waals surface area contributed by atoms with E-state index in [1.165, 1.54) is 28.6 Å². The van der Waals surface area contributed by atoms with Crippen LogP contribution in [0.25, 0.3) is 10.9 Å². The lowest BCUT2D eigenvalue weighted by Gasteiger charge is -2.32. The number of H-pyrrole nitrogens is 1. The molecule has 1 aromatic heterocycles. The minimum absolute atomic E-state index is 0.00479. The normalized spacial score (nSPS) is 18.1. The van der Waals surface area contributed by atoms with Crippen molar-refractivity contribution in [1.82, 2.24) is 14.2 Å². The zero-order valence-electron chi connectivity index (χ0n) is 18.6. The molecule has 11 heteroatoms. The number of amides is 1. The van der Waals surface area contributed by atoms with Gasteiger partial charge in [-0.3, -0.25) is 4.79 Å². The molecule has 1 saturated heterocycles. The molecule has 3 aromatic rings. The van der Waals surface area contributed by atoms with Gasteiger partial charge < -0.3 is 9.88 Å². The van der Waals surface area contributed by atoms with Crippen molar-refractivity contribution < 1.29 is 30.8 Å². The number of sulfonamides is 1. The smallest absolute Gasteiger partial charge is 0.361 e. The van der Waals surface area contributed by atoms with Crippen LogP contribution in [0.2, 0.25) is 0 Å². The first kappa shape index (κ1) is 23.8. The van der Waals surface area contributed by atoms with E-state index >= 15 is 0 Å². The fourth-order valence-corrected chi connectivity index (χ4v) is 6.58. The zero-order chi connectivity index (χ0) is 25.0. The molecule has 2 aliphatic rings. The van der Waals surface area contributed by atoms with Gasteiger partial charge in [0.1, 0.15) is 5.82 Å². The number of piperidine rings is 1. The van der Waals surface area contributed by atoms with Gasteiger partial charge in [0.2, 0.25) is 10.0 Å². The third-order valence-electron chi connectivity index (χ3n) is 6.93. The van der Waals surface area contributed by atoms with Crippen molar-refractivity contribution in [1.29, 1.82) is 0 Å². The van der Waals surface area contributed by atoms with E-state index in [0.717, 1.165) is 22.0 Å². The van der Waals surface area contributed by atoms with Crippen LogP contribution in [0.4, 0.5) is 17.6 Å². The minimum atomic E-state index is -4.97. The van der Waals surface area contributed by atoms with Crippen molar-refractivity contribution in [3.8, 4) is 0 Å². The number of nitrogens with one attached hydrogen (secondary N) is 1. The molecule has 1 amide bonds. The second-order valence-electron chi connectivity index (χ2n) is 9.02. The molecule has 0 aliphatic carbocycles. The topological polar surface area (TPSA) is 73.5 Å². The summed E-state index contributed by atoms with van der Waals surface area (Å²) in [6.07, 6.45) is -1.78. The molecule has 186 valence electrons. The number of carbonyl (C=O) groups is 1. The van der Waals surface area contributed by atoms with Crippen molar-refractivity contribution in [2.45, 2.75) is 42.8 Å². The van der Waals surface area contributed by atoms with Gasteiger partial charge in [0.05, 0.1) is 4.90 Å². The molecule has 35 heavy (non-hydrogen) atoms. The van der Waals surface area contributed by atoms with Crippen LogP contribution in [0, 0.1) is 5.82 Å². The summed E-state index contributed by atoms with van der Waals surface area (Å²) in [5.74, 6) is -2.18. The highest BCUT2D eigenvalue weighted by Crippen LogP contribution is 2.35. The van der Waals surface area contributed by atoms with Crippen LogP contribution in [0.3, 0.4) is 0 Å².